The number of nitrogens with one attached hydrogen (secondary N) is 2. The Kier molecular flexibility index (Phi) is 7.80. The fourth-order valence-electron chi connectivity index (χ4n) is 1.67. The van der Waals surface area contributed by atoms with Crippen molar-refractivity contribution in [2.75, 3.05) is 13.1 Å². The number of nitrogens with two attached hydrogens (primary N) is 1. The van der Waals surface area contributed by atoms with Gasteiger partial charge in [-0.3, -0.25) is 9.59 Å². The van der Waals surface area contributed by atoms with Crippen LogP contribution in [0.3, 0.4) is 0 Å². The number of carboxylic acids is 1. The zero-order chi connectivity index (χ0) is 16.6. The number of amides is 4. The Balaban J connectivity index is 4.56. The van der Waals surface area contributed by atoms with Crippen molar-refractivity contribution in [1.82, 2.24) is 15.5 Å². The molecule has 0 aliphatic heterocycles. The number of likely N-dealkylation sites (N-methyl/N-ethyl adjacent to an activating group) is 1. The summed E-state index contributed by atoms with van der Waals surface area (Å²) in [5, 5.41) is 13.3. The van der Waals surface area contributed by atoms with E-state index in [1.54, 1.807) is 0 Å². The second-order valence-electron chi connectivity index (χ2n) is 4.41. The van der Waals surface area contributed by atoms with Crippen LogP contribution in [0.2, 0.25) is 0 Å². The van der Waals surface area contributed by atoms with Gasteiger partial charge in [0.05, 0.1) is 6.42 Å². The SMILES string of the molecule is CCN(CC)C(=O)C(C)NC(=O)N[C@@H](CC(N)=O)C(=O)O. The summed E-state index contributed by atoms with van der Waals surface area (Å²) in [5.41, 5.74) is 4.90. The molecule has 4 amide bonds. The molecule has 0 spiro atoms. The van der Waals surface area contributed by atoms with Crippen LogP contribution in [0.25, 0.3) is 0 Å². The first-order valence-electron chi connectivity index (χ1n) is 6.59. The second kappa shape index (κ2) is 8.77. The highest BCUT2D eigenvalue weighted by atomic mass is 16.4. The number of carboxylic acid groups (broad SMARTS) is 1. The lowest BCUT2D eigenvalue weighted by atomic mass is 10.2. The number of nitrogens with zero attached hydrogens (tertiary/aromatic N) is 1. The standard InChI is InChI=1S/C12H22N4O5/c1-4-16(5-2)10(18)7(3)14-12(21)15-8(11(19)20)6-9(13)17/h7-8H,4-6H2,1-3H3,(H2,13,17)(H,19,20)(H2,14,15,21)/t7?,8-/m0/s1. The van der Waals surface area contributed by atoms with E-state index in [-0.39, 0.29) is 5.91 Å². The van der Waals surface area contributed by atoms with Gasteiger partial charge < -0.3 is 26.4 Å². The van der Waals surface area contributed by atoms with E-state index >= 15 is 0 Å². The van der Waals surface area contributed by atoms with E-state index in [1.807, 2.05) is 13.8 Å². The minimum absolute atomic E-state index is 0.281. The number of carbonyl (C=O) groups excluding carboxylic acids is 3. The Morgan fingerprint density at radius 3 is 2.05 bits per heavy atom. The Morgan fingerprint density at radius 1 is 1.14 bits per heavy atom. The minimum Gasteiger partial charge on any atom is -0.480 e. The molecule has 0 radical (unpaired) electrons. The van der Waals surface area contributed by atoms with Crippen LogP contribution >= 0.6 is 0 Å². The van der Waals surface area contributed by atoms with E-state index in [0.29, 0.717) is 13.1 Å². The van der Waals surface area contributed by atoms with Crippen LogP contribution in [0, 0.1) is 0 Å². The number of hydrogen-bond acceptors (Lipinski definition) is 4. The maximum Gasteiger partial charge on any atom is 0.326 e. The molecule has 0 saturated carbocycles. The van der Waals surface area contributed by atoms with E-state index in [1.165, 1.54) is 11.8 Å². The van der Waals surface area contributed by atoms with Gasteiger partial charge in [-0.2, -0.15) is 0 Å². The Morgan fingerprint density at radius 2 is 1.67 bits per heavy atom. The van der Waals surface area contributed by atoms with Gasteiger partial charge in [0.1, 0.15) is 12.1 Å². The Hall–Kier alpha value is -2.32. The molecule has 0 saturated heterocycles. The maximum atomic E-state index is 11.9. The summed E-state index contributed by atoms with van der Waals surface area (Å²) < 4.78 is 0. The van der Waals surface area contributed by atoms with Gasteiger partial charge >= 0.3 is 12.0 Å². The zero-order valence-corrected chi connectivity index (χ0v) is 12.4. The summed E-state index contributed by atoms with van der Waals surface area (Å²) in [5.74, 6) is -2.52. The highest BCUT2D eigenvalue weighted by molar-refractivity contribution is 5.90. The van der Waals surface area contributed by atoms with Crippen molar-refractivity contribution in [3.8, 4) is 0 Å². The molecular weight excluding hydrogens is 280 g/mol. The number of hydrogen-bond donors (Lipinski definition) is 4. The van der Waals surface area contributed by atoms with Gasteiger partial charge in [-0.05, 0) is 20.8 Å². The molecule has 9 heteroatoms. The zero-order valence-electron chi connectivity index (χ0n) is 12.4. The summed E-state index contributed by atoms with van der Waals surface area (Å²) >= 11 is 0. The van der Waals surface area contributed by atoms with Gasteiger partial charge in [0.25, 0.3) is 0 Å². The number of rotatable bonds is 8. The molecule has 0 aromatic carbocycles. The topological polar surface area (TPSA) is 142 Å². The average molecular weight is 302 g/mol. The van der Waals surface area contributed by atoms with Crippen LogP contribution in [0.1, 0.15) is 27.2 Å². The Bertz CT molecular complexity index is 408. The van der Waals surface area contributed by atoms with E-state index in [2.05, 4.69) is 10.6 Å². The lowest BCUT2D eigenvalue weighted by molar-refractivity contribution is -0.140. The summed E-state index contributed by atoms with van der Waals surface area (Å²) in [7, 11) is 0. The molecule has 120 valence electrons. The van der Waals surface area contributed by atoms with Crippen molar-refractivity contribution in [1.29, 1.82) is 0 Å². The number of primary amides is 1. The van der Waals surface area contributed by atoms with Crippen LogP contribution in [-0.2, 0) is 14.4 Å². The largest absolute Gasteiger partial charge is 0.480 e. The summed E-state index contributed by atoms with van der Waals surface area (Å²) in [6, 6.07) is -3.09. The number of aliphatic carboxylic acids is 1. The molecule has 0 aromatic heterocycles. The molecule has 0 aromatic rings. The molecule has 0 fully saturated rings. The van der Waals surface area contributed by atoms with Crippen molar-refractivity contribution in [2.45, 2.75) is 39.3 Å². The molecule has 0 heterocycles. The predicted octanol–water partition coefficient (Wildman–Crippen LogP) is -1.13. The molecule has 0 rings (SSSR count). The molecule has 0 aliphatic rings. The highest BCUT2D eigenvalue weighted by Crippen LogP contribution is 1.96. The van der Waals surface area contributed by atoms with Crippen LogP contribution in [0.5, 0.6) is 0 Å². The van der Waals surface area contributed by atoms with Gasteiger partial charge in [-0.25, -0.2) is 9.59 Å². The molecule has 2 atom stereocenters. The minimum atomic E-state index is -1.43. The predicted molar refractivity (Wildman–Crippen MR) is 74.3 cm³/mol. The van der Waals surface area contributed by atoms with Gasteiger partial charge in [-0.1, -0.05) is 0 Å². The third kappa shape index (κ3) is 6.59. The van der Waals surface area contributed by atoms with Crippen molar-refractivity contribution < 1.29 is 24.3 Å². The third-order valence-electron chi connectivity index (χ3n) is 2.80. The quantitative estimate of drug-likeness (QED) is 0.449. The van der Waals surface area contributed by atoms with Gasteiger partial charge in [-0.15, -0.1) is 0 Å². The van der Waals surface area contributed by atoms with Gasteiger partial charge in [0.15, 0.2) is 0 Å². The smallest absolute Gasteiger partial charge is 0.326 e. The van der Waals surface area contributed by atoms with E-state index in [9.17, 15) is 19.2 Å². The lowest BCUT2D eigenvalue weighted by Gasteiger charge is -2.24. The maximum absolute atomic E-state index is 11.9. The molecule has 0 aliphatic carbocycles. The van der Waals surface area contributed by atoms with E-state index < -0.39 is 36.4 Å². The second-order valence-corrected chi connectivity index (χ2v) is 4.41. The van der Waals surface area contributed by atoms with Crippen molar-refractivity contribution >= 4 is 23.8 Å². The average Bonchev–Trinajstić information content (AvgIpc) is 2.38. The van der Waals surface area contributed by atoms with Crippen LogP contribution in [0.4, 0.5) is 4.79 Å². The lowest BCUT2D eigenvalue weighted by Crippen LogP contribution is -2.53. The third-order valence-corrected chi connectivity index (χ3v) is 2.80. The highest BCUT2D eigenvalue weighted by Gasteiger charge is 2.25. The van der Waals surface area contributed by atoms with Crippen molar-refractivity contribution in [3.05, 3.63) is 0 Å². The fourth-order valence-corrected chi connectivity index (χ4v) is 1.67. The summed E-state index contributed by atoms with van der Waals surface area (Å²) in [4.78, 5) is 46.7. The van der Waals surface area contributed by atoms with Crippen molar-refractivity contribution in [3.63, 3.8) is 0 Å². The van der Waals surface area contributed by atoms with Crippen LogP contribution in [0.15, 0.2) is 0 Å². The summed E-state index contributed by atoms with van der Waals surface area (Å²) in [6.07, 6.45) is -0.527. The normalized spacial score (nSPS) is 12.9. The number of urea groups is 1. The van der Waals surface area contributed by atoms with Crippen LogP contribution in [-0.4, -0.2) is 59.0 Å². The molecule has 5 N–H and O–H groups in total. The van der Waals surface area contributed by atoms with Gasteiger partial charge in [0, 0.05) is 13.1 Å². The first-order chi connectivity index (χ1) is 9.72. The molecule has 21 heavy (non-hydrogen) atoms. The molecule has 1 unspecified atom stereocenters. The first kappa shape index (κ1) is 18.7. The van der Waals surface area contributed by atoms with Gasteiger partial charge in [0.2, 0.25) is 11.8 Å². The molecule has 9 nitrogen and oxygen atoms in total. The van der Waals surface area contributed by atoms with E-state index in [4.69, 9.17) is 10.8 Å². The van der Waals surface area contributed by atoms with E-state index in [0.717, 1.165) is 0 Å². The number of carbonyl (C=O) groups is 4. The first-order valence-corrected chi connectivity index (χ1v) is 6.59. The monoisotopic (exact) mass is 302 g/mol. The van der Waals surface area contributed by atoms with Crippen molar-refractivity contribution in [2.24, 2.45) is 5.73 Å². The summed E-state index contributed by atoms with van der Waals surface area (Å²) in [6.45, 7) is 6.11. The fraction of sp³-hybridized carbons (Fsp3) is 0.667. The van der Waals surface area contributed by atoms with Crippen LogP contribution < -0.4 is 16.4 Å². The molecule has 0 bridgehead atoms. The Labute approximate surface area is 122 Å². The molecular formula is C12H22N4O5.